The Morgan fingerprint density at radius 3 is 2.62 bits per heavy atom. The fraction of sp³-hybridized carbons (Fsp3) is 0.917. The number of rotatable bonds is 0. The van der Waals surface area contributed by atoms with Gasteiger partial charge in [0.05, 0.1) is 0 Å². The smallest absolute Gasteiger partial charge is 0.138 e. The molecule has 0 radical (unpaired) electrons. The summed E-state index contributed by atoms with van der Waals surface area (Å²) in [5, 5.41) is 0. The van der Waals surface area contributed by atoms with Gasteiger partial charge in [0, 0.05) is 11.8 Å². The van der Waals surface area contributed by atoms with Gasteiger partial charge >= 0.3 is 0 Å². The van der Waals surface area contributed by atoms with Crippen molar-refractivity contribution in [1.29, 1.82) is 0 Å². The van der Waals surface area contributed by atoms with Crippen LogP contribution >= 0.6 is 0 Å². The number of ketones is 1. The molecule has 0 amide bonds. The molecule has 0 aromatic carbocycles. The van der Waals surface area contributed by atoms with E-state index in [9.17, 15) is 4.79 Å². The molecule has 0 aromatic rings. The molecule has 0 aromatic heterocycles. The molecule has 2 rings (SSSR count). The molecular weight excluding hydrogens is 160 g/mol. The lowest BCUT2D eigenvalue weighted by Gasteiger charge is -2.41. The summed E-state index contributed by atoms with van der Waals surface area (Å²) in [4.78, 5) is 11.8. The maximum Gasteiger partial charge on any atom is 0.138 e. The molecule has 4 atom stereocenters. The first kappa shape index (κ1) is 9.23. The van der Waals surface area contributed by atoms with Crippen LogP contribution in [0.25, 0.3) is 0 Å². The van der Waals surface area contributed by atoms with E-state index in [1.807, 2.05) is 0 Å². The number of carbonyl (C=O) groups is 1. The van der Waals surface area contributed by atoms with E-state index in [0.29, 0.717) is 17.6 Å². The molecule has 0 heterocycles. The summed E-state index contributed by atoms with van der Waals surface area (Å²) in [7, 11) is 0. The Labute approximate surface area is 80.9 Å². The van der Waals surface area contributed by atoms with Crippen LogP contribution < -0.4 is 0 Å². The SMILES string of the molecule is C[C@@H]1C[C@@H]2CCCC[C@@H]2[C@H](C)C1=O. The normalized spacial score (nSPS) is 45.8. The summed E-state index contributed by atoms with van der Waals surface area (Å²) in [6.07, 6.45) is 6.62. The van der Waals surface area contributed by atoms with E-state index < -0.39 is 0 Å². The maximum atomic E-state index is 11.8. The Hall–Kier alpha value is -0.330. The minimum atomic E-state index is 0.342. The largest absolute Gasteiger partial charge is 0.299 e. The van der Waals surface area contributed by atoms with E-state index in [1.165, 1.54) is 32.1 Å². The Bertz CT molecular complexity index is 209. The zero-order valence-electron chi connectivity index (χ0n) is 8.75. The minimum Gasteiger partial charge on any atom is -0.299 e. The van der Waals surface area contributed by atoms with Gasteiger partial charge in [0.25, 0.3) is 0 Å². The maximum absolute atomic E-state index is 11.8. The predicted octanol–water partition coefficient (Wildman–Crippen LogP) is 3.04. The summed E-state index contributed by atoms with van der Waals surface area (Å²) < 4.78 is 0. The molecule has 13 heavy (non-hydrogen) atoms. The second-order valence-corrected chi connectivity index (χ2v) is 5.04. The third kappa shape index (κ3) is 1.53. The molecule has 0 spiro atoms. The van der Waals surface area contributed by atoms with E-state index in [4.69, 9.17) is 0 Å². The fourth-order valence-corrected chi connectivity index (χ4v) is 3.42. The highest BCUT2D eigenvalue weighted by Crippen LogP contribution is 2.43. The third-order valence-electron chi connectivity index (χ3n) is 4.20. The van der Waals surface area contributed by atoms with Crippen molar-refractivity contribution in [3.63, 3.8) is 0 Å². The van der Waals surface area contributed by atoms with Gasteiger partial charge in [0.15, 0.2) is 0 Å². The third-order valence-corrected chi connectivity index (χ3v) is 4.20. The first-order valence-electron chi connectivity index (χ1n) is 5.74. The van der Waals surface area contributed by atoms with Gasteiger partial charge in [0.2, 0.25) is 0 Å². The van der Waals surface area contributed by atoms with Gasteiger partial charge in [-0.25, -0.2) is 0 Å². The topological polar surface area (TPSA) is 17.1 Å². The molecular formula is C12H20O. The Morgan fingerprint density at radius 2 is 1.85 bits per heavy atom. The predicted molar refractivity (Wildman–Crippen MR) is 53.4 cm³/mol. The summed E-state index contributed by atoms with van der Waals surface area (Å²) >= 11 is 0. The van der Waals surface area contributed by atoms with Gasteiger partial charge in [-0.1, -0.05) is 33.1 Å². The number of Topliss-reactive ketones (excluding diaryl/α,β-unsaturated/α-hetero) is 1. The van der Waals surface area contributed by atoms with Crippen LogP contribution in [0.3, 0.4) is 0 Å². The van der Waals surface area contributed by atoms with Gasteiger partial charge in [-0.05, 0) is 24.7 Å². The van der Waals surface area contributed by atoms with Crippen molar-refractivity contribution in [3.8, 4) is 0 Å². The lowest BCUT2D eigenvalue weighted by atomic mass is 9.63. The molecule has 0 saturated heterocycles. The van der Waals surface area contributed by atoms with Gasteiger partial charge in [0.1, 0.15) is 5.78 Å². The van der Waals surface area contributed by atoms with Crippen LogP contribution in [-0.4, -0.2) is 5.78 Å². The molecule has 1 nitrogen and oxygen atoms in total. The van der Waals surface area contributed by atoms with Crippen molar-refractivity contribution < 1.29 is 4.79 Å². The van der Waals surface area contributed by atoms with E-state index in [-0.39, 0.29) is 0 Å². The minimum absolute atomic E-state index is 0.342. The molecule has 2 aliphatic rings. The van der Waals surface area contributed by atoms with E-state index in [2.05, 4.69) is 13.8 Å². The van der Waals surface area contributed by atoms with Crippen LogP contribution in [0, 0.1) is 23.7 Å². The molecule has 0 bridgehead atoms. The first-order valence-corrected chi connectivity index (χ1v) is 5.74. The van der Waals surface area contributed by atoms with Gasteiger partial charge < -0.3 is 0 Å². The van der Waals surface area contributed by atoms with Crippen molar-refractivity contribution in [2.45, 2.75) is 46.0 Å². The second-order valence-electron chi connectivity index (χ2n) is 5.04. The Balaban J connectivity index is 2.12. The molecule has 1 heteroatoms. The quantitative estimate of drug-likeness (QED) is 0.560. The van der Waals surface area contributed by atoms with Crippen LogP contribution in [0.5, 0.6) is 0 Å². The summed E-state index contributed by atoms with van der Waals surface area (Å²) in [5.74, 6) is 2.83. The number of hydrogen-bond acceptors (Lipinski definition) is 1. The molecule has 2 aliphatic carbocycles. The zero-order chi connectivity index (χ0) is 9.42. The number of hydrogen-bond donors (Lipinski definition) is 0. The van der Waals surface area contributed by atoms with Crippen molar-refractivity contribution >= 4 is 5.78 Å². The van der Waals surface area contributed by atoms with E-state index in [1.54, 1.807) is 0 Å². The zero-order valence-corrected chi connectivity index (χ0v) is 8.75. The van der Waals surface area contributed by atoms with Crippen LogP contribution in [0.1, 0.15) is 46.0 Å². The molecule has 74 valence electrons. The standard InChI is InChI=1S/C12H20O/c1-8-7-10-5-3-4-6-11(10)9(2)12(8)13/h8-11H,3-7H2,1-2H3/t8-,9+,10+,11-/m1/s1. The van der Waals surface area contributed by atoms with Crippen LogP contribution in [0.2, 0.25) is 0 Å². The molecule has 0 unspecified atom stereocenters. The van der Waals surface area contributed by atoms with Gasteiger partial charge in [-0.3, -0.25) is 4.79 Å². The number of carbonyl (C=O) groups excluding carboxylic acids is 1. The monoisotopic (exact) mass is 180 g/mol. The van der Waals surface area contributed by atoms with Crippen LogP contribution in [-0.2, 0) is 4.79 Å². The summed E-state index contributed by atoms with van der Waals surface area (Å²) in [6.45, 7) is 4.27. The highest BCUT2D eigenvalue weighted by atomic mass is 16.1. The van der Waals surface area contributed by atoms with Crippen molar-refractivity contribution in [3.05, 3.63) is 0 Å². The molecule has 2 saturated carbocycles. The van der Waals surface area contributed by atoms with Gasteiger partial charge in [-0.15, -0.1) is 0 Å². The fourth-order valence-electron chi connectivity index (χ4n) is 3.42. The number of fused-ring (bicyclic) bond motifs is 1. The van der Waals surface area contributed by atoms with E-state index in [0.717, 1.165) is 11.8 Å². The lowest BCUT2D eigenvalue weighted by Crippen LogP contribution is -2.39. The Morgan fingerprint density at radius 1 is 1.15 bits per heavy atom. The highest BCUT2D eigenvalue weighted by Gasteiger charge is 2.40. The van der Waals surface area contributed by atoms with Gasteiger partial charge in [-0.2, -0.15) is 0 Å². The van der Waals surface area contributed by atoms with Crippen molar-refractivity contribution in [2.24, 2.45) is 23.7 Å². The second kappa shape index (κ2) is 3.43. The Kier molecular flexibility index (Phi) is 2.44. The molecule has 0 aliphatic heterocycles. The average Bonchev–Trinajstić information content (AvgIpc) is 2.15. The van der Waals surface area contributed by atoms with Crippen LogP contribution in [0.15, 0.2) is 0 Å². The molecule has 2 fully saturated rings. The highest BCUT2D eigenvalue weighted by molar-refractivity contribution is 5.83. The first-order chi connectivity index (χ1) is 6.20. The molecule has 0 N–H and O–H groups in total. The van der Waals surface area contributed by atoms with E-state index >= 15 is 0 Å². The average molecular weight is 180 g/mol. The lowest BCUT2D eigenvalue weighted by molar-refractivity contribution is -0.133. The van der Waals surface area contributed by atoms with Crippen molar-refractivity contribution in [1.82, 2.24) is 0 Å². The van der Waals surface area contributed by atoms with Crippen LogP contribution in [0.4, 0.5) is 0 Å². The summed E-state index contributed by atoms with van der Waals surface area (Å²) in [6, 6.07) is 0. The van der Waals surface area contributed by atoms with Crippen molar-refractivity contribution in [2.75, 3.05) is 0 Å². The summed E-state index contributed by atoms with van der Waals surface area (Å²) in [5.41, 5.74) is 0.